The van der Waals surface area contributed by atoms with Crippen LogP contribution in [0.4, 0.5) is 0 Å². The topological polar surface area (TPSA) is 80.9 Å². The van der Waals surface area contributed by atoms with Gasteiger partial charge >= 0.3 is 0 Å². The number of phenols is 4. The van der Waals surface area contributed by atoms with E-state index in [1.54, 1.807) is 24.3 Å². The molecule has 27 heavy (non-hydrogen) atoms. The van der Waals surface area contributed by atoms with Gasteiger partial charge in [-0.2, -0.15) is 0 Å². The lowest BCUT2D eigenvalue weighted by atomic mass is 9.96. The molecule has 4 nitrogen and oxygen atoms in total. The Balaban J connectivity index is 2.18. The number of aryl methyl sites for hydroxylation is 2. The summed E-state index contributed by atoms with van der Waals surface area (Å²) in [5, 5.41) is 41.4. The van der Waals surface area contributed by atoms with Gasteiger partial charge in [-0.3, -0.25) is 0 Å². The normalized spacial score (nSPS) is 11.0. The Kier molecular flexibility index (Phi) is 7.83. The van der Waals surface area contributed by atoms with E-state index in [1.165, 1.54) is 0 Å². The molecular formula is C23H32O4. The van der Waals surface area contributed by atoms with Crippen LogP contribution in [0.3, 0.4) is 0 Å². The first-order valence-electron chi connectivity index (χ1n) is 10.0. The zero-order valence-electron chi connectivity index (χ0n) is 16.5. The average molecular weight is 373 g/mol. The third-order valence-corrected chi connectivity index (χ3v) is 5.02. The van der Waals surface area contributed by atoms with Gasteiger partial charge in [-0.05, 0) is 61.1 Å². The molecule has 0 unspecified atom stereocenters. The molecule has 0 saturated heterocycles. The van der Waals surface area contributed by atoms with Gasteiger partial charge in [0.15, 0.2) is 0 Å². The molecule has 2 aromatic rings. The van der Waals surface area contributed by atoms with Gasteiger partial charge in [0, 0.05) is 17.5 Å². The summed E-state index contributed by atoms with van der Waals surface area (Å²) in [4.78, 5) is 0. The molecule has 2 rings (SSSR count). The summed E-state index contributed by atoms with van der Waals surface area (Å²) in [7, 11) is 0. The van der Waals surface area contributed by atoms with Crippen molar-refractivity contribution in [2.24, 2.45) is 0 Å². The first kappa shape index (κ1) is 20.9. The van der Waals surface area contributed by atoms with Gasteiger partial charge in [-0.25, -0.2) is 0 Å². The molecule has 0 aliphatic heterocycles. The summed E-state index contributed by atoms with van der Waals surface area (Å²) in [6.07, 6.45) is 8.14. The molecule has 0 bridgehead atoms. The number of hydrogen-bond acceptors (Lipinski definition) is 4. The number of aromatic hydroxyl groups is 4. The molecule has 0 fully saturated rings. The van der Waals surface area contributed by atoms with Crippen molar-refractivity contribution in [2.75, 3.05) is 0 Å². The average Bonchev–Trinajstić information content (AvgIpc) is 2.60. The number of rotatable bonds is 10. The van der Waals surface area contributed by atoms with Gasteiger partial charge in [0.2, 0.25) is 0 Å². The van der Waals surface area contributed by atoms with Crippen LogP contribution in [0, 0.1) is 0 Å². The summed E-state index contributed by atoms with van der Waals surface area (Å²) in [5.41, 5.74) is 2.42. The minimum absolute atomic E-state index is 0.00711. The van der Waals surface area contributed by atoms with Gasteiger partial charge in [0.25, 0.3) is 0 Å². The zero-order valence-corrected chi connectivity index (χ0v) is 16.5. The molecule has 4 N–H and O–H groups in total. The predicted molar refractivity (Wildman–Crippen MR) is 109 cm³/mol. The van der Waals surface area contributed by atoms with Crippen LogP contribution in [0.5, 0.6) is 23.0 Å². The fraction of sp³-hybridized carbons (Fsp3) is 0.478. The second-order valence-corrected chi connectivity index (χ2v) is 7.32. The van der Waals surface area contributed by atoms with Crippen molar-refractivity contribution in [1.29, 1.82) is 0 Å². The molecule has 0 aliphatic rings. The minimum Gasteiger partial charge on any atom is -0.508 e. The van der Waals surface area contributed by atoms with Gasteiger partial charge in [-0.15, -0.1) is 0 Å². The molecule has 0 saturated carbocycles. The number of phenolic OH excluding ortho intramolecular Hbond substituents is 4. The van der Waals surface area contributed by atoms with Crippen LogP contribution in [-0.2, 0) is 19.3 Å². The highest BCUT2D eigenvalue weighted by Crippen LogP contribution is 2.37. The Morgan fingerprint density at radius 1 is 0.556 bits per heavy atom. The monoisotopic (exact) mass is 372 g/mol. The van der Waals surface area contributed by atoms with Crippen LogP contribution in [0.1, 0.15) is 74.6 Å². The molecular weight excluding hydrogens is 340 g/mol. The number of hydrogen-bond donors (Lipinski definition) is 4. The third kappa shape index (κ3) is 5.81. The van der Waals surface area contributed by atoms with Gasteiger partial charge < -0.3 is 20.4 Å². The fourth-order valence-corrected chi connectivity index (χ4v) is 3.38. The lowest BCUT2D eigenvalue weighted by Crippen LogP contribution is -1.96. The predicted octanol–water partition coefficient (Wildman–Crippen LogP) is 5.57. The number of benzene rings is 2. The highest BCUT2D eigenvalue weighted by atomic mass is 16.3. The molecule has 4 heteroatoms. The summed E-state index contributed by atoms with van der Waals surface area (Å²) in [5.74, 6) is -0.0284. The van der Waals surface area contributed by atoms with E-state index in [1.807, 2.05) is 0 Å². The van der Waals surface area contributed by atoms with Gasteiger partial charge in [0.05, 0.1) is 0 Å². The summed E-state index contributed by atoms with van der Waals surface area (Å²) in [6.45, 7) is 4.26. The van der Waals surface area contributed by atoms with Crippen LogP contribution in [0.15, 0.2) is 24.3 Å². The third-order valence-electron chi connectivity index (χ3n) is 5.02. The maximum Gasteiger partial charge on any atom is 0.123 e. The Hall–Kier alpha value is -2.36. The SMILES string of the molecule is CCCCCc1cc(O)c(Cc2c(O)cc(CCCCC)cc2O)c(O)c1. The summed E-state index contributed by atoms with van der Waals surface area (Å²) in [6, 6.07) is 6.66. The molecule has 148 valence electrons. The lowest BCUT2D eigenvalue weighted by Gasteiger charge is -2.14. The Bertz CT molecular complexity index is 643. The standard InChI is InChI=1S/C23H32O4/c1-3-5-7-9-16-11-20(24)18(21(25)12-16)15-19-22(26)13-17(14-23(19)27)10-8-6-4-2/h11-14,24-27H,3-10,15H2,1-2H3. The van der Waals surface area contributed by atoms with Crippen LogP contribution < -0.4 is 0 Å². The van der Waals surface area contributed by atoms with Gasteiger partial charge in [0.1, 0.15) is 23.0 Å². The molecule has 0 atom stereocenters. The van der Waals surface area contributed by atoms with Crippen molar-refractivity contribution in [2.45, 2.75) is 71.6 Å². The van der Waals surface area contributed by atoms with Crippen molar-refractivity contribution in [1.82, 2.24) is 0 Å². The smallest absolute Gasteiger partial charge is 0.123 e. The highest BCUT2D eigenvalue weighted by molar-refractivity contribution is 5.54. The second-order valence-electron chi connectivity index (χ2n) is 7.32. The second kappa shape index (κ2) is 10.1. The van der Waals surface area contributed by atoms with E-state index in [-0.39, 0.29) is 29.4 Å². The van der Waals surface area contributed by atoms with E-state index in [0.717, 1.165) is 62.5 Å². The van der Waals surface area contributed by atoms with Crippen molar-refractivity contribution in [3.8, 4) is 23.0 Å². The van der Waals surface area contributed by atoms with Crippen LogP contribution in [-0.4, -0.2) is 20.4 Å². The van der Waals surface area contributed by atoms with E-state index in [4.69, 9.17) is 0 Å². The van der Waals surface area contributed by atoms with E-state index >= 15 is 0 Å². The van der Waals surface area contributed by atoms with E-state index < -0.39 is 0 Å². The van der Waals surface area contributed by atoms with Gasteiger partial charge in [-0.1, -0.05) is 39.5 Å². The lowest BCUT2D eigenvalue weighted by molar-refractivity contribution is 0.428. The quantitative estimate of drug-likeness (QED) is 0.411. The highest BCUT2D eigenvalue weighted by Gasteiger charge is 2.16. The van der Waals surface area contributed by atoms with E-state index in [9.17, 15) is 20.4 Å². The van der Waals surface area contributed by atoms with Crippen molar-refractivity contribution < 1.29 is 20.4 Å². The first-order chi connectivity index (χ1) is 13.0. The molecule has 2 aromatic carbocycles. The Morgan fingerprint density at radius 2 is 0.889 bits per heavy atom. The van der Waals surface area contributed by atoms with Crippen molar-refractivity contribution in [3.05, 3.63) is 46.5 Å². The molecule has 0 radical (unpaired) electrons. The Labute approximate surface area is 162 Å². The molecule has 0 aromatic heterocycles. The van der Waals surface area contributed by atoms with E-state index in [0.29, 0.717) is 11.1 Å². The number of unbranched alkanes of at least 4 members (excludes halogenated alkanes) is 4. The zero-order chi connectivity index (χ0) is 19.8. The fourth-order valence-electron chi connectivity index (χ4n) is 3.38. The maximum atomic E-state index is 10.3. The minimum atomic E-state index is -0.00711. The summed E-state index contributed by atoms with van der Waals surface area (Å²) < 4.78 is 0. The molecule has 0 spiro atoms. The molecule has 0 amide bonds. The molecule has 0 heterocycles. The molecule has 0 aliphatic carbocycles. The summed E-state index contributed by atoms with van der Waals surface area (Å²) >= 11 is 0. The van der Waals surface area contributed by atoms with Crippen LogP contribution in [0.25, 0.3) is 0 Å². The van der Waals surface area contributed by atoms with Crippen LogP contribution in [0.2, 0.25) is 0 Å². The Morgan fingerprint density at radius 3 is 1.19 bits per heavy atom. The van der Waals surface area contributed by atoms with Crippen molar-refractivity contribution in [3.63, 3.8) is 0 Å². The first-order valence-corrected chi connectivity index (χ1v) is 10.0. The van der Waals surface area contributed by atoms with E-state index in [2.05, 4.69) is 13.8 Å². The van der Waals surface area contributed by atoms with Crippen LogP contribution >= 0.6 is 0 Å². The van der Waals surface area contributed by atoms with Crippen molar-refractivity contribution >= 4 is 0 Å². The largest absolute Gasteiger partial charge is 0.508 e. The maximum absolute atomic E-state index is 10.3.